The van der Waals surface area contributed by atoms with E-state index in [9.17, 15) is 26.7 Å². The van der Waals surface area contributed by atoms with E-state index in [0.717, 1.165) is 0 Å². The van der Waals surface area contributed by atoms with Gasteiger partial charge in [0.15, 0.2) is 0 Å². The highest BCUT2D eigenvalue weighted by Crippen LogP contribution is 2.37. The minimum absolute atomic E-state index is 0.542. The zero-order chi connectivity index (χ0) is 11.8. The number of aromatic amines is 1. The first-order chi connectivity index (χ1) is 6.73. The van der Waals surface area contributed by atoms with E-state index in [1.807, 2.05) is 0 Å². The third-order valence-electron chi connectivity index (χ3n) is 1.53. The van der Waals surface area contributed by atoms with Crippen LogP contribution in [0.4, 0.5) is 22.0 Å². The molecule has 0 bridgehead atoms. The van der Waals surface area contributed by atoms with Crippen LogP contribution in [0.5, 0.6) is 0 Å². The second kappa shape index (κ2) is 4.06. The first kappa shape index (κ1) is 12.4. The summed E-state index contributed by atoms with van der Waals surface area (Å²) < 4.78 is 61.0. The maximum absolute atomic E-state index is 12.3. The number of nitrogens with one attached hydrogen (secondary N) is 1. The fraction of sp³-hybridized carbons (Fsp3) is 0.286. The fourth-order valence-corrected chi connectivity index (χ4v) is 1.88. The van der Waals surface area contributed by atoms with Crippen molar-refractivity contribution in [1.82, 2.24) is 4.98 Å². The molecule has 1 rings (SSSR count). The predicted molar refractivity (Wildman–Crippen MR) is 49.7 cm³/mol. The topological polar surface area (TPSA) is 32.9 Å². The van der Waals surface area contributed by atoms with Gasteiger partial charge in [0.05, 0.1) is 11.3 Å². The largest absolute Gasteiger partial charge is 0.419 e. The van der Waals surface area contributed by atoms with Crippen LogP contribution in [-0.4, -0.2) is 4.98 Å². The number of rotatable bonds is 1. The lowest BCUT2D eigenvalue weighted by Crippen LogP contribution is -2.19. The van der Waals surface area contributed by atoms with Crippen LogP contribution < -0.4 is 5.56 Å². The third kappa shape index (κ3) is 2.67. The molecule has 1 heterocycles. The van der Waals surface area contributed by atoms with Gasteiger partial charge >= 0.3 is 6.18 Å². The van der Waals surface area contributed by atoms with E-state index in [2.05, 4.69) is 0 Å². The average Bonchev–Trinajstić information content (AvgIpc) is 1.99. The highest BCUT2D eigenvalue weighted by Gasteiger charge is 2.38. The minimum atomic E-state index is -4.91. The number of alkyl halides is 5. The summed E-state index contributed by atoms with van der Waals surface area (Å²) in [7, 11) is 0. The zero-order valence-electron chi connectivity index (χ0n) is 6.83. The lowest BCUT2D eigenvalue weighted by Gasteiger charge is -2.13. The highest BCUT2D eigenvalue weighted by molar-refractivity contribution is 14.1. The fourth-order valence-electron chi connectivity index (χ4n) is 0.999. The van der Waals surface area contributed by atoms with E-state index >= 15 is 0 Å². The summed E-state index contributed by atoms with van der Waals surface area (Å²) in [5.74, 6) is 0. The molecule has 0 fully saturated rings. The summed E-state index contributed by atoms with van der Waals surface area (Å²) >= 11 is 1.20. The molecule has 0 aliphatic heterocycles. The van der Waals surface area contributed by atoms with Crippen LogP contribution in [0, 0.1) is 3.57 Å². The Morgan fingerprint density at radius 1 is 1.33 bits per heavy atom. The summed E-state index contributed by atoms with van der Waals surface area (Å²) in [5.41, 5.74) is -3.86. The second-order valence-electron chi connectivity index (χ2n) is 2.57. The molecule has 1 aromatic heterocycles. The number of H-pyrrole nitrogens is 1. The van der Waals surface area contributed by atoms with Crippen LogP contribution in [0.2, 0.25) is 0 Å². The molecule has 0 saturated heterocycles. The summed E-state index contributed by atoms with van der Waals surface area (Å²) in [6.07, 6.45) is -8.28. The van der Waals surface area contributed by atoms with Gasteiger partial charge in [-0.3, -0.25) is 4.79 Å². The minimum Gasteiger partial charge on any atom is -0.321 e. The molecule has 0 spiro atoms. The molecular weight excluding hydrogens is 336 g/mol. The van der Waals surface area contributed by atoms with E-state index in [-0.39, 0.29) is 0 Å². The Balaban J connectivity index is 3.55. The molecule has 1 N–H and O–H groups in total. The van der Waals surface area contributed by atoms with E-state index in [1.165, 1.54) is 27.6 Å². The molecule has 2 nitrogen and oxygen atoms in total. The number of hydrogen-bond donors (Lipinski definition) is 1. The molecule has 1 aromatic rings. The van der Waals surface area contributed by atoms with E-state index in [1.54, 1.807) is 0 Å². The van der Waals surface area contributed by atoms with E-state index in [4.69, 9.17) is 0 Å². The Hall–Kier alpha value is -0.670. The van der Waals surface area contributed by atoms with Crippen LogP contribution in [0.3, 0.4) is 0 Å². The monoisotopic (exact) mass is 339 g/mol. The van der Waals surface area contributed by atoms with Gasteiger partial charge in [-0.15, -0.1) is 0 Å². The Morgan fingerprint density at radius 3 is 2.27 bits per heavy atom. The molecule has 0 amide bonds. The molecule has 0 saturated carbocycles. The van der Waals surface area contributed by atoms with Gasteiger partial charge in [0.1, 0.15) is 0 Å². The van der Waals surface area contributed by atoms with E-state index in [0.29, 0.717) is 6.07 Å². The highest BCUT2D eigenvalue weighted by atomic mass is 127. The lowest BCUT2D eigenvalue weighted by atomic mass is 10.2. The lowest BCUT2D eigenvalue weighted by molar-refractivity contribution is -0.140. The first-order valence-corrected chi connectivity index (χ1v) is 4.59. The van der Waals surface area contributed by atoms with Crippen molar-refractivity contribution in [3.05, 3.63) is 31.2 Å². The third-order valence-corrected chi connectivity index (χ3v) is 2.38. The predicted octanol–water partition coefficient (Wildman–Crippen LogP) is 2.94. The number of hydrogen-bond acceptors (Lipinski definition) is 1. The maximum atomic E-state index is 12.3. The van der Waals surface area contributed by atoms with Crippen molar-refractivity contribution in [2.75, 3.05) is 0 Å². The summed E-state index contributed by atoms with van der Waals surface area (Å²) in [5, 5.41) is 0. The number of pyridine rings is 1. The smallest absolute Gasteiger partial charge is 0.321 e. The van der Waals surface area contributed by atoms with Gasteiger partial charge in [-0.2, -0.15) is 13.2 Å². The van der Waals surface area contributed by atoms with Gasteiger partial charge in [0, 0.05) is 9.64 Å². The van der Waals surface area contributed by atoms with Crippen molar-refractivity contribution in [2.24, 2.45) is 0 Å². The quantitative estimate of drug-likeness (QED) is 0.619. The van der Waals surface area contributed by atoms with Gasteiger partial charge in [-0.05, 0) is 22.6 Å². The molecule has 0 radical (unpaired) electrons. The van der Waals surface area contributed by atoms with Crippen LogP contribution in [0.1, 0.15) is 17.7 Å². The van der Waals surface area contributed by atoms with Gasteiger partial charge in [-0.1, -0.05) is 0 Å². The molecule has 84 valence electrons. The van der Waals surface area contributed by atoms with E-state index < -0.39 is 33.0 Å². The SMILES string of the molecule is O=c1cc(I)c(C(F)(F)F)c(C(F)F)[nH]1. The maximum Gasteiger partial charge on any atom is 0.419 e. The van der Waals surface area contributed by atoms with Crippen LogP contribution in [0.15, 0.2) is 10.9 Å². The molecule has 0 aliphatic carbocycles. The molecule has 0 aliphatic rings. The second-order valence-corrected chi connectivity index (χ2v) is 3.73. The Bertz CT molecular complexity index is 424. The summed E-state index contributed by atoms with van der Waals surface area (Å²) in [6.45, 7) is 0. The van der Waals surface area contributed by atoms with Gasteiger partial charge in [0.25, 0.3) is 6.43 Å². The number of halogens is 6. The molecule has 0 aromatic carbocycles. The molecule has 8 heteroatoms. The molecular formula is C7H3F5INO. The van der Waals surface area contributed by atoms with Crippen molar-refractivity contribution in [2.45, 2.75) is 12.6 Å². The molecule has 15 heavy (non-hydrogen) atoms. The van der Waals surface area contributed by atoms with Crippen LogP contribution >= 0.6 is 22.6 Å². The zero-order valence-corrected chi connectivity index (χ0v) is 8.99. The first-order valence-electron chi connectivity index (χ1n) is 3.51. The summed E-state index contributed by atoms with van der Waals surface area (Å²) in [6, 6.07) is 0.620. The standard InChI is InChI=1S/C7H3F5INO/c8-6(9)5-4(7(10,11)12)2(13)1-3(15)14-5/h1,6H,(H,14,15). The summed E-state index contributed by atoms with van der Waals surface area (Å²) in [4.78, 5) is 12.2. The van der Waals surface area contributed by atoms with Crippen molar-refractivity contribution in [3.63, 3.8) is 0 Å². The number of aromatic nitrogens is 1. The Morgan fingerprint density at radius 2 is 1.87 bits per heavy atom. The Kier molecular flexibility index (Phi) is 3.36. The van der Waals surface area contributed by atoms with Gasteiger partial charge in [0.2, 0.25) is 5.56 Å². The van der Waals surface area contributed by atoms with Gasteiger partial charge < -0.3 is 4.98 Å². The van der Waals surface area contributed by atoms with Crippen molar-refractivity contribution < 1.29 is 22.0 Å². The normalized spacial score (nSPS) is 12.2. The van der Waals surface area contributed by atoms with Crippen molar-refractivity contribution in [1.29, 1.82) is 0 Å². The molecule has 0 atom stereocenters. The van der Waals surface area contributed by atoms with Crippen LogP contribution in [0.25, 0.3) is 0 Å². The molecule has 0 unspecified atom stereocenters. The van der Waals surface area contributed by atoms with Crippen LogP contribution in [-0.2, 0) is 6.18 Å². The average molecular weight is 339 g/mol. The van der Waals surface area contributed by atoms with Crippen molar-refractivity contribution in [3.8, 4) is 0 Å². The Labute approximate surface area is 93.6 Å². The van der Waals surface area contributed by atoms with Gasteiger partial charge in [-0.25, -0.2) is 8.78 Å². The van der Waals surface area contributed by atoms with Crippen molar-refractivity contribution >= 4 is 22.6 Å².